The van der Waals surface area contributed by atoms with E-state index in [9.17, 15) is 12.8 Å². The van der Waals surface area contributed by atoms with Crippen molar-refractivity contribution in [3.05, 3.63) is 52.8 Å². The van der Waals surface area contributed by atoms with E-state index in [1.165, 1.54) is 25.3 Å². The Kier molecular flexibility index (Phi) is 4.29. The number of benzene rings is 2. The summed E-state index contributed by atoms with van der Waals surface area (Å²) >= 11 is 3.18. The maximum Gasteiger partial charge on any atom is 0.263 e. The summed E-state index contributed by atoms with van der Waals surface area (Å²) in [4.78, 5) is 0.100. The SMILES string of the molecule is COc1cc(NS(=O)(=O)c2ccccc2Br)ccc1F. The van der Waals surface area contributed by atoms with Gasteiger partial charge in [-0.2, -0.15) is 0 Å². The van der Waals surface area contributed by atoms with E-state index in [2.05, 4.69) is 20.7 Å². The first kappa shape index (κ1) is 14.8. The molecule has 0 bridgehead atoms. The van der Waals surface area contributed by atoms with Crippen LogP contribution in [0.25, 0.3) is 0 Å². The molecule has 106 valence electrons. The van der Waals surface area contributed by atoms with Crippen LogP contribution in [0.3, 0.4) is 0 Å². The standard InChI is InChI=1S/C13H11BrFNO3S/c1-19-12-8-9(6-7-11(12)15)16-20(17,18)13-5-3-2-4-10(13)14/h2-8,16H,1H3. The highest BCUT2D eigenvalue weighted by atomic mass is 79.9. The molecule has 20 heavy (non-hydrogen) atoms. The summed E-state index contributed by atoms with van der Waals surface area (Å²) < 4.78 is 45.4. The van der Waals surface area contributed by atoms with Crippen molar-refractivity contribution in [3.8, 4) is 5.75 Å². The van der Waals surface area contributed by atoms with Gasteiger partial charge in [0.05, 0.1) is 12.8 Å². The third-order valence-electron chi connectivity index (χ3n) is 2.53. The molecule has 0 unspecified atom stereocenters. The second-order valence-corrected chi connectivity index (χ2v) is 6.39. The Hall–Kier alpha value is -1.60. The topological polar surface area (TPSA) is 55.4 Å². The lowest BCUT2D eigenvalue weighted by Crippen LogP contribution is -2.13. The van der Waals surface area contributed by atoms with Crippen molar-refractivity contribution in [2.75, 3.05) is 11.8 Å². The average molecular weight is 360 g/mol. The summed E-state index contributed by atoms with van der Waals surface area (Å²) in [6, 6.07) is 10.2. The number of rotatable bonds is 4. The van der Waals surface area contributed by atoms with Gasteiger partial charge < -0.3 is 4.74 Å². The van der Waals surface area contributed by atoms with Crippen LogP contribution in [0.5, 0.6) is 5.75 Å². The lowest BCUT2D eigenvalue weighted by molar-refractivity contribution is 0.387. The second-order valence-electron chi connectivity index (χ2n) is 3.89. The van der Waals surface area contributed by atoms with Crippen molar-refractivity contribution < 1.29 is 17.5 Å². The first-order valence-electron chi connectivity index (χ1n) is 5.55. The van der Waals surface area contributed by atoms with Crippen molar-refractivity contribution in [3.63, 3.8) is 0 Å². The number of halogens is 2. The summed E-state index contributed by atoms with van der Waals surface area (Å²) in [6.07, 6.45) is 0. The molecule has 2 rings (SSSR count). The second kappa shape index (κ2) is 5.80. The molecule has 0 heterocycles. The van der Waals surface area contributed by atoms with E-state index in [4.69, 9.17) is 4.74 Å². The van der Waals surface area contributed by atoms with E-state index in [0.29, 0.717) is 4.47 Å². The molecule has 0 aliphatic carbocycles. The first-order valence-corrected chi connectivity index (χ1v) is 7.82. The van der Waals surface area contributed by atoms with Gasteiger partial charge in [-0.15, -0.1) is 0 Å². The maximum atomic E-state index is 13.3. The summed E-state index contributed by atoms with van der Waals surface area (Å²) in [5.41, 5.74) is 0.221. The summed E-state index contributed by atoms with van der Waals surface area (Å²) in [6.45, 7) is 0. The van der Waals surface area contributed by atoms with E-state index >= 15 is 0 Å². The molecule has 0 atom stereocenters. The first-order chi connectivity index (χ1) is 9.44. The summed E-state index contributed by atoms with van der Waals surface area (Å²) in [5, 5.41) is 0. The van der Waals surface area contributed by atoms with Gasteiger partial charge in [-0.3, -0.25) is 4.72 Å². The number of anilines is 1. The monoisotopic (exact) mass is 359 g/mol. The van der Waals surface area contributed by atoms with Crippen LogP contribution in [0.2, 0.25) is 0 Å². The van der Waals surface area contributed by atoms with E-state index in [1.807, 2.05) is 0 Å². The molecule has 0 aliphatic heterocycles. The third-order valence-corrected chi connectivity index (χ3v) is 4.92. The van der Waals surface area contributed by atoms with Gasteiger partial charge in [0, 0.05) is 10.5 Å². The number of ether oxygens (including phenoxy) is 1. The van der Waals surface area contributed by atoms with Gasteiger partial charge in [-0.25, -0.2) is 12.8 Å². The van der Waals surface area contributed by atoms with Gasteiger partial charge >= 0.3 is 0 Å². The maximum absolute atomic E-state index is 13.3. The van der Waals surface area contributed by atoms with Crippen LogP contribution in [0.15, 0.2) is 51.8 Å². The van der Waals surface area contributed by atoms with Gasteiger partial charge in [0.1, 0.15) is 4.90 Å². The minimum atomic E-state index is -3.76. The Morgan fingerprint density at radius 1 is 1.20 bits per heavy atom. The number of sulfonamides is 1. The molecule has 4 nitrogen and oxygen atoms in total. The quantitative estimate of drug-likeness (QED) is 0.909. The van der Waals surface area contributed by atoms with Crippen molar-refractivity contribution in [1.29, 1.82) is 0 Å². The van der Waals surface area contributed by atoms with Crippen molar-refractivity contribution >= 4 is 31.6 Å². The molecule has 2 aromatic carbocycles. The van der Waals surface area contributed by atoms with Crippen LogP contribution < -0.4 is 9.46 Å². The zero-order chi connectivity index (χ0) is 14.8. The molecule has 7 heteroatoms. The van der Waals surface area contributed by atoms with E-state index in [0.717, 1.165) is 6.07 Å². The molecule has 2 aromatic rings. The van der Waals surface area contributed by atoms with Gasteiger partial charge in [0.2, 0.25) is 0 Å². The van der Waals surface area contributed by atoms with Crippen LogP contribution >= 0.6 is 15.9 Å². The number of hydrogen-bond acceptors (Lipinski definition) is 3. The molecule has 1 N–H and O–H groups in total. The average Bonchev–Trinajstić information content (AvgIpc) is 2.41. The highest BCUT2D eigenvalue weighted by molar-refractivity contribution is 9.10. The number of nitrogens with one attached hydrogen (secondary N) is 1. The summed E-state index contributed by atoms with van der Waals surface area (Å²) in [5.74, 6) is -0.589. The van der Waals surface area contributed by atoms with E-state index in [1.54, 1.807) is 18.2 Å². The van der Waals surface area contributed by atoms with Crippen molar-refractivity contribution in [1.82, 2.24) is 0 Å². The fourth-order valence-corrected chi connectivity index (χ4v) is 3.65. The molecule has 0 radical (unpaired) electrons. The zero-order valence-corrected chi connectivity index (χ0v) is 12.8. The fraction of sp³-hybridized carbons (Fsp3) is 0.0769. The molecule has 0 fully saturated rings. The Morgan fingerprint density at radius 3 is 2.55 bits per heavy atom. The Bertz CT molecular complexity index is 734. The van der Waals surface area contributed by atoms with Crippen LogP contribution in [-0.4, -0.2) is 15.5 Å². The third kappa shape index (κ3) is 3.10. The predicted octanol–water partition coefficient (Wildman–Crippen LogP) is 3.40. The van der Waals surface area contributed by atoms with Crippen LogP contribution in [0.1, 0.15) is 0 Å². The van der Waals surface area contributed by atoms with Crippen LogP contribution in [0, 0.1) is 5.82 Å². The van der Waals surface area contributed by atoms with Gasteiger partial charge in [0.25, 0.3) is 10.0 Å². The van der Waals surface area contributed by atoms with Crippen LogP contribution in [-0.2, 0) is 10.0 Å². The predicted molar refractivity (Wildman–Crippen MR) is 77.9 cm³/mol. The van der Waals surface area contributed by atoms with Crippen molar-refractivity contribution in [2.45, 2.75) is 4.90 Å². The molecule has 0 saturated heterocycles. The minimum absolute atomic E-state index is 0.0303. The zero-order valence-electron chi connectivity index (χ0n) is 10.4. The Labute approximate surface area is 124 Å². The van der Waals surface area contributed by atoms with Crippen molar-refractivity contribution in [2.24, 2.45) is 0 Å². The fourth-order valence-electron chi connectivity index (χ4n) is 1.60. The Morgan fingerprint density at radius 2 is 1.90 bits per heavy atom. The largest absolute Gasteiger partial charge is 0.494 e. The molecular weight excluding hydrogens is 349 g/mol. The normalized spacial score (nSPS) is 11.2. The highest BCUT2D eigenvalue weighted by Gasteiger charge is 2.17. The molecule has 0 aromatic heterocycles. The lowest BCUT2D eigenvalue weighted by atomic mass is 10.3. The molecule has 0 saturated carbocycles. The minimum Gasteiger partial charge on any atom is -0.494 e. The van der Waals surface area contributed by atoms with Crippen LogP contribution in [0.4, 0.5) is 10.1 Å². The van der Waals surface area contributed by atoms with E-state index < -0.39 is 15.8 Å². The smallest absolute Gasteiger partial charge is 0.263 e. The van der Waals surface area contributed by atoms with Gasteiger partial charge in [-0.05, 0) is 40.2 Å². The van der Waals surface area contributed by atoms with Gasteiger partial charge in [-0.1, -0.05) is 12.1 Å². The lowest BCUT2D eigenvalue weighted by Gasteiger charge is -2.10. The molecule has 0 spiro atoms. The highest BCUT2D eigenvalue weighted by Crippen LogP contribution is 2.26. The molecule has 0 aliphatic rings. The molecular formula is C13H11BrFNO3S. The number of methoxy groups -OCH3 is 1. The molecule has 0 amide bonds. The van der Waals surface area contributed by atoms with Gasteiger partial charge in [0.15, 0.2) is 11.6 Å². The Balaban J connectivity index is 2.36. The summed E-state index contributed by atoms with van der Waals surface area (Å²) in [7, 11) is -2.45. The van der Waals surface area contributed by atoms with E-state index in [-0.39, 0.29) is 16.3 Å². The number of hydrogen-bond donors (Lipinski definition) is 1.